The zero-order chi connectivity index (χ0) is 25.3. The predicted molar refractivity (Wildman–Crippen MR) is 150 cm³/mol. The Hall–Kier alpha value is -2.17. The van der Waals surface area contributed by atoms with E-state index < -0.39 is 0 Å². The van der Waals surface area contributed by atoms with Crippen molar-refractivity contribution in [3.63, 3.8) is 0 Å². The summed E-state index contributed by atoms with van der Waals surface area (Å²) in [7, 11) is 4.38. The van der Waals surface area contributed by atoms with Crippen LogP contribution >= 0.6 is 0 Å². The van der Waals surface area contributed by atoms with Crippen molar-refractivity contribution in [2.45, 2.75) is 60.8 Å². The maximum atomic E-state index is 4.68. The van der Waals surface area contributed by atoms with Crippen molar-refractivity contribution >= 4 is 11.8 Å². The summed E-state index contributed by atoms with van der Waals surface area (Å²) in [5.74, 6) is 2.55. The Morgan fingerprint density at radius 2 is 1.71 bits per heavy atom. The molecule has 0 amide bonds. The minimum atomic E-state index is 0.607. The van der Waals surface area contributed by atoms with Gasteiger partial charge in [0.2, 0.25) is 0 Å². The number of likely N-dealkylation sites (N-methyl/N-ethyl adjacent to an activating group) is 1. The lowest BCUT2D eigenvalue weighted by Crippen LogP contribution is -2.31. The van der Waals surface area contributed by atoms with Crippen LogP contribution < -0.4 is 5.32 Å². The maximum Gasteiger partial charge on any atom is 0.131 e. The van der Waals surface area contributed by atoms with Crippen LogP contribution in [0, 0.1) is 11.8 Å². The standard InChI is InChI=1S/C15H21N.C13H21N3.C2H6/c1-3-14-6-4-5-7-15(14)12-13-8-10-16(2)11-9-13;1-8-6-16(5)7-12(8)13-14-10(3)9(2)11(4)15-13;1-2/h3-7,13H,1,8-12H2,2H3;8,14H,6-7H2,1-5H3;1-2H3/b;13-12+;. The first-order valence-corrected chi connectivity index (χ1v) is 13.1. The topological polar surface area (TPSA) is 30.9 Å². The molecule has 0 aromatic heterocycles. The maximum absolute atomic E-state index is 4.68. The summed E-state index contributed by atoms with van der Waals surface area (Å²) in [5, 5.41) is 3.43. The largest absolute Gasteiger partial charge is 0.344 e. The van der Waals surface area contributed by atoms with Crippen molar-refractivity contribution in [1.29, 1.82) is 0 Å². The van der Waals surface area contributed by atoms with Gasteiger partial charge >= 0.3 is 0 Å². The SMILES string of the molecule is C=Cc1ccccc1CC1CCN(C)CC1.CC.CC1=N/C(=C2\CN(C)CC2C)NC(C)=C1C. The number of nitrogens with zero attached hydrogens (tertiary/aromatic N) is 3. The number of likely N-dealkylation sites (tertiary alicyclic amines) is 2. The summed E-state index contributed by atoms with van der Waals surface area (Å²) < 4.78 is 0. The van der Waals surface area contributed by atoms with E-state index in [-0.39, 0.29) is 0 Å². The molecule has 3 aliphatic heterocycles. The van der Waals surface area contributed by atoms with Crippen molar-refractivity contribution in [3.05, 3.63) is 64.6 Å². The second-order valence-corrected chi connectivity index (χ2v) is 9.90. The van der Waals surface area contributed by atoms with E-state index in [1.165, 1.54) is 60.3 Å². The molecule has 1 N–H and O–H groups in total. The average Bonchev–Trinajstić information content (AvgIpc) is 3.18. The van der Waals surface area contributed by atoms with Crippen LogP contribution in [0.4, 0.5) is 0 Å². The first kappa shape index (κ1) is 28.1. The van der Waals surface area contributed by atoms with Crippen molar-refractivity contribution in [3.8, 4) is 0 Å². The van der Waals surface area contributed by atoms with Crippen molar-refractivity contribution in [1.82, 2.24) is 15.1 Å². The van der Waals surface area contributed by atoms with Gasteiger partial charge in [-0.15, -0.1) is 0 Å². The molecule has 2 saturated heterocycles. The van der Waals surface area contributed by atoms with Crippen LogP contribution in [-0.4, -0.2) is 55.8 Å². The van der Waals surface area contributed by atoms with Crippen molar-refractivity contribution in [2.75, 3.05) is 40.3 Å². The summed E-state index contributed by atoms with van der Waals surface area (Å²) in [6, 6.07) is 8.64. The number of nitrogens with one attached hydrogen (secondary N) is 1. The van der Waals surface area contributed by atoms with E-state index in [0.29, 0.717) is 5.92 Å². The zero-order valence-corrected chi connectivity index (χ0v) is 23.0. The molecule has 0 bridgehead atoms. The molecule has 0 spiro atoms. The molecular formula is C30H48N4. The molecule has 4 heteroatoms. The molecule has 0 saturated carbocycles. The molecule has 3 heterocycles. The number of aliphatic imine (C=N–C) groups is 1. The van der Waals surface area contributed by atoms with Gasteiger partial charge in [0.25, 0.3) is 0 Å². The average molecular weight is 465 g/mol. The van der Waals surface area contributed by atoms with Crippen LogP contribution in [0.3, 0.4) is 0 Å². The fourth-order valence-corrected chi connectivity index (χ4v) is 4.87. The van der Waals surface area contributed by atoms with E-state index in [9.17, 15) is 0 Å². The van der Waals surface area contributed by atoms with Crippen LogP contribution in [0.2, 0.25) is 0 Å². The molecule has 2 fully saturated rings. The van der Waals surface area contributed by atoms with E-state index in [0.717, 1.165) is 30.5 Å². The second-order valence-electron chi connectivity index (χ2n) is 9.90. The van der Waals surface area contributed by atoms with Gasteiger partial charge in [-0.3, -0.25) is 0 Å². The summed E-state index contributed by atoms with van der Waals surface area (Å²) in [5.41, 5.74) is 7.85. The number of benzene rings is 1. The van der Waals surface area contributed by atoms with E-state index in [1.807, 2.05) is 19.9 Å². The molecule has 4 nitrogen and oxygen atoms in total. The molecule has 3 aliphatic rings. The van der Waals surface area contributed by atoms with Gasteiger partial charge in [0.05, 0.1) is 0 Å². The fourth-order valence-electron chi connectivity index (χ4n) is 4.87. The van der Waals surface area contributed by atoms with Crippen LogP contribution in [0.5, 0.6) is 0 Å². The van der Waals surface area contributed by atoms with E-state index in [4.69, 9.17) is 0 Å². The summed E-state index contributed by atoms with van der Waals surface area (Å²) >= 11 is 0. The predicted octanol–water partition coefficient (Wildman–Crippen LogP) is 6.38. The monoisotopic (exact) mass is 464 g/mol. The van der Waals surface area contributed by atoms with Crippen LogP contribution in [0.15, 0.2) is 58.5 Å². The Morgan fingerprint density at radius 3 is 2.26 bits per heavy atom. The summed E-state index contributed by atoms with van der Waals surface area (Å²) in [6.45, 7) is 21.2. The minimum Gasteiger partial charge on any atom is -0.344 e. The summed E-state index contributed by atoms with van der Waals surface area (Å²) in [4.78, 5) is 9.45. The Balaban J connectivity index is 0.000000224. The molecular weight excluding hydrogens is 416 g/mol. The molecule has 4 rings (SSSR count). The second kappa shape index (κ2) is 13.7. The third-order valence-corrected chi connectivity index (χ3v) is 7.24. The van der Waals surface area contributed by atoms with Gasteiger partial charge in [0.1, 0.15) is 5.82 Å². The van der Waals surface area contributed by atoms with Gasteiger partial charge in [-0.2, -0.15) is 0 Å². The number of allylic oxidation sites excluding steroid dienone is 2. The number of rotatable bonds is 3. The highest BCUT2D eigenvalue weighted by molar-refractivity contribution is 5.99. The third kappa shape index (κ3) is 7.68. The highest BCUT2D eigenvalue weighted by Gasteiger charge is 2.26. The molecule has 1 aromatic rings. The van der Waals surface area contributed by atoms with Gasteiger partial charge in [-0.1, -0.05) is 57.7 Å². The van der Waals surface area contributed by atoms with Gasteiger partial charge < -0.3 is 15.1 Å². The highest BCUT2D eigenvalue weighted by atomic mass is 15.1. The lowest BCUT2D eigenvalue weighted by Gasteiger charge is -2.29. The Kier molecular flexibility index (Phi) is 11.3. The number of hydrogen-bond donors (Lipinski definition) is 1. The molecule has 1 aromatic carbocycles. The molecule has 34 heavy (non-hydrogen) atoms. The Labute approximate surface area is 209 Å². The fraction of sp³-hybridized carbons (Fsp3) is 0.567. The Bertz CT molecular complexity index is 900. The zero-order valence-electron chi connectivity index (χ0n) is 23.0. The normalized spacial score (nSPS) is 23.9. The molecule has 1 unspecified atom stereocenters. The van der Waals surface area contributed by atoms with Gasteiger partial charge in [-0.25, -0.2) is 4.99 Å². The number of piperidine rings is 1. The smallest absolute Gasteiger partial charge is 0.131 e. The first-order chi connectivity index (χ1) is 16.3. The van der Waals surface area contributed by atoms with Crippen molar-refractivity contribution < 1.29 is 0 Å². The minimum absolute atomic E-state index is 0.607. The molecule has 1 atom stereocenters. The van der Waals surface area contributed by atoms with Crippen LogP contribution in [0.1, 0.15) is 65.5 Å². The highest BCUT2D eigenvalue weighted by Crippen LogP contribution is 2.26. The lowest BCUT2D eigenvalue weighted by molar-refractivity contribution is 0.219. The number of hydrogen-bond acceptors (Lipinski definition) is 4. The van der Waals surface area contributed by atoms with E-state index >= 15 is 0 Å². The quantitative estimate of drug-likeness (QED) is 0.563. The molecule has 188 valence electrons. The van der Waals surface area contributed by atoms with Gasteiger partial charge in [0.15, 0.2) is 0 Å². The van der Waals surface area contributed by atoms with E-state index in [2.05, 4.69) is 92.7 Å². The van der Waals surface area contributed by atoms with Crippen molar-refractivity contribution in [2.24, 2.45) is 16.8 Å². The molecule has 0 aliphatic carbocycles. The molecule has 0 radical (unpaired) electrons. The third-order valence-electron chi connectivity index (χ3n) is 7.24. The lowest BCUT2D eigenvalue weighted by atomic mass is 9.88. The van der Waals surface area contributed by atoms with Gasteiger partial charge in [0, 0.05) is 24.5 Å². The van der Waals surface area contributed by atoms with Gasteiger partial charge in [-0.05, 0) is 101 Å². The Morgan fingerprint density at radius 1 is 1.06 bits per heavy atom. The van der Waals surface area contributed by atoms with Crippen LogP contribution in [0.25, 0.3) is 6.08 Å². The summed E-state index contributed by atoms with van der Waals surface area (Å²) in [6.07, 6.45) is 5.87. The first-order valence-electron chi connectivity index (χ1n) is 13.1. The van der Waals surface area contributed by atoms with E-state index in [1.54, 1.807) is 0 Å². The van der Waals surface area contributed by atoms with Crippen LogP contribution in [-0.2, 0) is 6.42 Å².